The fourth-order valence-corrected chi connectivity index (χ4v) is 2.00. The van der Waals surface area contributed by atoms with Gasteiger partial charge in [0.25, 0.3) is 0 Å². The molecule has 0 amide bonds. The Bertz CT molecular complexity index is 388. The van der Waals surface area contributed by atoms with E-state index >= 15 is 0 Å². The zero-order valence-electron chi connectivity index (χ0n) is 11.2. The van der Waals surface area contributed by atoms with Crippen LogP contribution in [0.25, 0.3) is 0 Å². The first-order chi connectivity index (χ1) is 8.69. The molecule has 0 radical (unpaired) electrons. The van der Waals surface area contributed by atoms with E-state index in [-0.39, 0.29) is 0 Å². The fourth-order valence-electron chi connectivity index (χ4n) is 1.73. The van der Waals surface area contributed by atoms with Gasteiger partial charge in [-0.2, -0.15) is 0 Å². The van der Waals surface area contributed by atoms with Gasteiger partial charge in [-0.25, -0.2) is 0 Å². The highest BCUT2D eigenvalue weighted by Gasteiger charge is 2.07. The number of benzene rings is 1. The maximum absolute atomic E-state index is 11.2. The smallest absolute Gasteiger partial charge is 0.138 e. The summed E-state index contributed by atoms with van der Waals surface area (Å²) >= 11 is 6.28. The first kappa shape index (κ1) is 15.0. The van der Waals surface area contributed by atoms with Gasteiger partial charge in [0, 0.05) is 12.8 Å². The predicted octanol–water partition coefficient (Wildman–Crippen LogP) is 4.43. The zero-order valence-corrected chi connectivity index (χ0v) is 11.9. The third kappa shape index (κ3) is 4.69. The molecular formula is C15H21ClO2. The predicted molar refractivity (Wildman–Crippen MR) is 75.5 cm³/mol. The molecule has 3 heteroatoms. The average molecular weight is 269 g/mol. The molecule has 18 heavy (non-hydrogen) atoms. The van der Waals surface area contributed by atoms with Crippen LogP contribution in [-0.4, -0.2) is 12.4 Å². The summed E-state index contributed by atoms with van der Waals surface area (Å²) in [5.41, 5.74) is 1.06. The number of carbonyl (C=O) groups excluding carboxylic acids is 1. The fraction of sp³-hybridized carbons (Fsp3) is 0.533. The number of ether oxygens (including phenoxy) is 1. The monoisotopic (exact) mass is 268 g/mol. The Hall–Kier alpha value is -1.02. The van der Waals surface area contributed by atoms with E-state index in [0.717, 1.165) is 30.6 Å². The Morgan fingerprint density at radius 3 is 2.78 bits per heavy atom. The summed E-state index contributed by atoms with van der Waals surface area (Å²) in [6.45, 7) is 4.64. The minimum atomic E-state index is 0.310. The largest absolute Gasteiger partial charge is 0.492 e. The molecule has 0 saturated heterocycles. The summed E-state index contributed by atoms with van der Waals surface area (Å²) in [7, 11) is 0. The number of hydrogen-bond donors (Lipinski definition) is 0. The van der Waals surface area contributed by atoms with Crippen molar-refractivity contribution in [3.63, 3.8) is 0 Å². The van der Waals surface area contributed by atoms with Crippen molar-refractivity contribution in [3.8, 4) is 5.75 Å². The normalized spacial score (nSPS) is 10.4. The number of rotatable bonds is 8. The third-order valence-electron chi connectivity index (χ3n) is 2.80. The summed E-state index contributed by atoms with van der Waals surface area (Å²) in [4.78, 5) is 11.2. The second-order valence-electron chi connectivity index (χ2n) is 4.32. The van der Waals surface area contributed by atoms with Crippen molar-refractivity contribution in [1.82, 2.24) is 0 Å². The topological polar surface area (TPSA) is 26.3 Å². The van der Waals surface area contributed by atoms with Crippen molar-refractivity contribution in [1.29, 1.82) is 0 Å². The van der Waals surface area contributed by atoms with Gasteiger partial charge in [-0.1, -0.05) is 37.6 Å². The molecule has 0 unspecified atom stereocenters. The lowest BCUT2D eigenvalue weighted by Crippen LogP contribution is -1.99. The van der Waals surface area contributed by atoms with Crippen LogP contribution in [0.2, 0.25) is 5.02 Å². The van der Waals surface area contributed by atoms with Gasteiger partial charge in [-0.3, -0.25) is 4.79 Å². The van der Waals surface area contributed by atoms with Gasteiger partial charge in [0.1, 0.15) is 11.5 Å². The Morgan fingerprint density at radius 2 is 2.11 bits per heavy atom. The quantitative estimate of drug-likeness (QED) is 0.697. The van der Waals surface area contributed by atoms with Gasteiger partial charge < -0.3 is 4.74 Å². The highest BCUT2D eigenvalue weighted by molar-refractivity contribution is 6.32. The lowest BCUT2D eigenvalue weighted by molar-refractivity contribution is -0.118. The van der Waals surface area contributed by atoms with Crippen LogP contribution in [0.1, 0.15) is 45.1 Å². The van der Waals surface area contributed by atoms with E-state index in [9.17, 15) is 4.79 Å². The Labute approximate surface area is 114 Å². The molecule has 1 rings (SSSR count). The molecule has 0 atom stereocenters. The van der Waals surface area contributed by atoms with Crippen LogP contribution in [0, 0.1) is 0 Å². The second-order valence-corrected chi connectivity index (χ2v) is 4.70. The minimum absolute atomic E-state index is 0.310. The number of aryl methyl sites for hydroxylation is 1. The molecule has 0 bridgehead atoms. The van der Waals surface area contributed by atoms with E-state index in [1.807, 2.05) is 25.1 Å². The molecule has 1 aromatic carbocycles. The van der Waals surface area contributed by atoms with Crippen LogP contribution in [0.3, 0.4) is 0 Å². The summed E-state index contributed by atoms with van der Waals surface area (Å²) in [5.74, 6) is 1.06. The molecule has 100 valence electrons. The van der Waals surface area contributed by atoms with Crippen molar-refractivity contribution in [2.45, 2.75) is 46.0 Å². The number of halogens is 1. The van der Waals surface area contributed by atoms with Crippen molar-refractivity contribution in [2.24, 2.45) is 0 Å². The third-order valence-corrected chi connectivity index (χ3v) is 3.23. The van der Waals surface area contributed by atoms with Crippen LogP contribution in [-0.2, 0) is 11.2 Å². The van der Waals surface area contributed by atoms with Gasteiger partial charge in [0.15, 0.2) is 0 Å². The number of Topliss-reactive ketones (excluding diaryl/α,β-unsaturated/α-hetero) is 1. The minimum Gasteiger partial charge on any atom is -0.492 e. The van der Waals surface area contributed by atoms with E-state index in [1.165, 1.54) is 0 Å². The lowest BCUT2D eigenvalue weighted by atomic mass is 10.1. The van der Waals surface area contributed by atoms with Crippen LogP contribution in [0.5, 0.6) is 5.75 Å². The van der Waals surface area contributed by atoms with Crippen molar-refractivity contribution < 1.29 is 9.53 Å². The maximum Gasteiger partial charge on any atom is 0.138 e. The van der Waals surface area contributed by atoms with Crippen LogP contribution in [0.4, 0.5) is 0 Å². The summed E-state index contributed by atoms with van der Waals surface area (Å²) in [6.07, 6.45) is 3.89. The number of hydrogen-bond acceptors (Lipinski definition) is 2. The molecule has 0 saturated carbocycles. The Kier molecular flexibility index (Phi) is 6.81. The number of ketones is 1. The van der Waals surface area contributed by atoms with Gasteiger partial charge in [-0.05, 0) is 30.9 Å². The molecule has 0 aromatic heterocycles. The Balaban J connectivity index is 2.57. The van der Waals surface area contributed by atoms with Crippen molar-refractivity contribution >= 4 is 17.4 Å². The average Bonchev–Trinajstić information content (AvgIpc) is 2.39. The van der Waals surface area contributed by atoms with Gasteiger partial charge >= 0.3 is 0 Å². The molecule has 0 aliphatic heterocycles. The van der Waals surface area contributed by atoms with E-state index in [4.69, 9.17) is 16.3 Å². The molecule has 0 aliphatic carbocycles. The summed E-state index contributed by atoms with van der Waals surface area (Å²) < 4.78 is 5.58. The van der Waals surface area contributed by atoms with Gasteiger partial charge in [0.2, 0.25) is 0 Å². The van der Waals surface area contributed by atoms with E-state index < -0.39 is 0 Å². The standard InChI is InChI=1S/C15H21ClO2/c1-3-11-18-14-10-6-8-12(15(14)16)7-5-9-13(17)4-2/h6,8,10H,3-5,7,9,11H2,1-2H3. The highest BCUT2D eigenvalue weighted by Crippen LogP contribution is 2.29. The maximum atomic E-state index is 11.2. The van der Waals surface area contributed by atoms with Crippen LogP contribution in [0.15, 0.2) is 18.2 Å². The lowest BCUT2D eigenvalue weighted by Gasteiger charge is -2.10. The SMILES string of the molecule is CCCOc1cccc(CCCC(=O)CC)c1Cl. The number of carbonyl (C=O) groups is 1. The summed E-state index contributed by atoms with van der Waals surface area (Å²) in [6, 6.07) is 5.84. The molecule has 2 nitrogen and oxygen atoms in total. The van der Waals surface area contributed by atoms with Crippen molar-refractivity contribution in [2.75, 3.05) is 6.61 Å². The highest BCUT2D eigenvalue weighted by atomic mass is 35.5. The molecule has 0 fully saturated rings. The molecule has 0 spiro atoms. The molecule has 0 N–H and O–H groups in total. The molecule has 0 aliphatic rings. The first-order valence-corrected chi connectivity index (χ1v) is 6.98. The summed E-state index contributed by atoms with van der Waals surface area (Å²) in [5, 5.41) is 0.690. The zero-order chi connectivity index (χ0) is 13.4. The van der Waals surface area contributed by atoms with E-state index in [1.54, 1.807) is 0 Å². The second kappa shape index (κ2) is 8.15. The van der Waals surface area contributed by atoms with Gasteiger partial charge in [-0.15, -0.1) is 0 Å². The molecule has 1 aromatic rings. The Morgan fingerprint density at radius 1 is 1.33 bits per heavy atom. The first-order valence-electron chi connectivity index (χ1n) is 6.60. The molecule has 0 heterocycles. The van der Waals surface area contributed by atoms with Crippen molar-refractivity contribution in [3.05, 3.63) is 28.8 Å². The van der Waals surface area contributed by atoms with E-state index in [2.05, 4.69) is 6.92 Å². The molecular weight excluding hydrogens is 248 g/mol. The van der Waals surface area contributed by atoms with Gasteiger partial charge in [0.05, 0.1) is 11.6 Å². The van der Waals surface area contributed by atoms with Crippen LogP contribution >= 0.6 is 11.6 Å². The van der Waals surface area contributed by atoms with Crippen LogP contribution < -0.4 is 4.74 Å². The van der Waals surface area contributed by atoms with E-state index in [0.29, 0.717) is 30.3 Å².